The fourth-order valence-electron chi connectivity index (χ4n) is 4.42. The van der Waals surface area contributed by atoms with Crippen molar-refractivity contribution >= 4 is 34.8 Å². The van der Waals surface area contributed by atoms with E-state index in [-0.39, 0.29) is 11.8 Å². The largest absolute Gasteiger partial charge is 0.330 e. The summed E-state index contributed by atoms with van der Waals surface area (Å²) in [5, 5.41) is 3.58. The van der Waals surface area contributed by atoms with Crippen molar-refractivity contribution in [2.45, 2.75) is 26.9 Å². The van der Waals surface area contributed by atoms with Crippen molar-refractivity contribution < 1.29 is 9.59 Å². The van der Waals surface area contributed by atoms with E-state index in [1.54, 1.807) is 29.2 Å². The summed E-state index contributed by atoms with van der Waals surface area (Å²) in [5.41, 5.74) is 6.74. The second-order valence-electron chi connectivity index (χ2n) is 8.60. The molecule has 0 fully saturated rings. The van der Waals surface area contributed by atoms with Gasteiger partial charge in [-0.15, -0.1) is 0 Å². The monoisotopic (exact) mass is 469 g/mol. The van der Waals surface area contributed by atoms with E-state index in [0.29, 0.717) is 35.1 Å². The maximum atomic E-state index is 13.6. The Hall–Kier alpha value is -3.83. The Morgan fingerprint density at radius 3 is 2.41 bits per heavy atom. The van der Waals surface area contributed by atoms with Gasteiger partial charge >= 0.3 is 0 Å². The molecule has 4 aromatic rings. The second-order valence-corrected chi connectivity index (χ2v) is 8.99. The van der Waals surface area contributed by atoms with Crippen molar-refractivity contribution in [3.63, 3.8) is 0 Å². The highest BCUT2D eigenvalue weighted by atomic mass is 35.5. The standard InChI is InChI=1S/C28H24ClN3O2/c1-18-7-13-24(19(2)15-18)27(33)30-22-10-8-20(9-11-22)28(34)32-17-23-12-14-26(29)31(23)16-21-5-3-4-6-25(21)32/h3-15H,16-17H2,1-2H3,(H,30,33). The topological polar surface area (TPSA) is 54.3 Å². The molecule has 6 heteroatoms. The summed E-state index contributed by atoms with van der Waals surface area (Å²) in [6.45, 7) is 4.96. The zero-order valence-corrected chi connectivity index (χ0v) is 19.8. The van der Waals surface area contributed by atoms with Crippen LogP contribution in [0.15, 0.2) is 78.9 Å². The van der Waals surface area contributed by atoms with Gasteiger partial charge in [-0.3, -0.25) is 9.59 Å². The van der Waals surface area contributed by atoms with Crippen LogP contribution in [-0.2, 0) is 13.1 Å². The number of nitrogens with one attached hydrogen (secondary N) is 1. The summed E-state index contributed by atoms with van der Waals surface area (Å²) in [5.74, 6) is -0.277. The Bertz CT molecular complexity index is 1410. The molecule has 1 aliphatic rings. The first-order chi connectivity index (χ1) is 16.4. The van der Waals surface area contributed by atoms with Gasteiger partial charge in [-0.2, -0.15) is 0 Å². The Balaban J connectivity index is 1.39. The molecule has 34 heavy (non-hydrogen) atoms. The summed E-state index contributed by atoms with van der Waals surface area (Å²) in [6.07, 6.45) is 0. The minimum atomic E-state index is -0.171. The summed E-state index contributed by atoms with van der Waals surface area (Å²) in [7, 11) is 0. The normalized spacial score (nSPS) is 12.5. The van der Waals surface area contributed by atoms with Crippen molar-refractivity contribution in [3.05, 3.63) is 118 Å². The van der Waals surface area contributed by atoms with Crippen molar-refractivity contribution in [2.24, 2.45) is 0 Å². The van der Waals surface area contributed by atoms with Crippen LogP contribution in [0.4, 0.5) is 11.4 Å². The molecule has 2 heterocycles. The van der Waals surface area contributed by atoms with Crippen molar-refractivity contribution in [1.29, 1.82) is 0 Å². The van der Waals surface area contributed by atoms with Gasteiger partial charge in [0.05, 0.1) is 13.1 Å². The number of aromatic nitrogens is 1. The molecule has 170 valence electrons. The molecule has 1 aliphatic heterocycles. The SMILES string of the molecule is Cc1ccc(C(=O)Nc2ccc(C(=O)N3Cc4ccc(Cl)n4Cc4ccccc43)cc2)c(C)c1. The molecule has 1 N–H and O–H groups in total. The molecule has 0 unspecified atom stereocenters. The lowest BCUT2D eigenvalue weighted by atomic mass is 10.0. The van der Waals surface area contributed by atoms with E-state index < -0.39 is 0 Å². The van der Waals surface area contributed by atoms with Crippen LogP contribution in [0.1, 0.15) is 43.1 Å². The predicted molar refractivity (Wildman–Crippen MR) is 136 cm³/mol. The summed E-state index contributed by atoms with van der Waals surface area (Å²) < 4.78 is 2.03. The lowest BCUT2D eigenvalue weighted by Crippen LogP contribution is -2.30. The third kappa shape index (κ3) is 4.11. The molecule has 0 aliphatic carbocycles. The lowest BCUT2D eigenvalue weighted by molar-refractivity contribution is 0.0983. The molecule has 0 saturated heterocycles. The van der Waals surface area contributed by atoms with Gasteiger partial charge < -0.3 is 14.8 Å². The number of hydrogen-bond acceptors (Lipinski definition) is 2. The lowest BCUT2D eigenvalue weighted by Gasteiger charge is -2.23. The third-order valence-corrected chi connectivity index (χ3v) is 6.54. The highest BCUT2D eigenvalue weighted by Crippen LogP contribution is 2.31. The maximum absolute atomic E-state index is 13.6. The Morgan fingerprint density at radius 2 is 1.65 bits per heavy atom. The highest BCUT2D eigenvalue weighted by molar-refractivity contribution is 6.29. The molecular weight excluding hydrogens is 446 g/mol. The van der Waals surface area contributed by atoms with Gasteiger partial charge in [-0.1, -0.05) is 47.5 Å². The fraction of sp³-hybridized carbons (Fsp3) is 0.143. The average molecular weight is 470 g/mol. The second kappa shape index (κ2) is 8.84. The number of fused-ring (bicyclic) bond motifs is 2. The number of benzene rings is 3. The number of nitrogens with zero attached hydrogens (tertiary/aromatic N) is 2. The molecule has 0 atom stereocenters. The van der Waals surface area contributed by atoms with E-state index in [0.717, 1.165) is 28.1 Å². The van der Waals surface area contributed by atoms with Crippen molar-refractivity contribution in [3.8, 4) is 0 Å². The molecule has 5 nitrogen and oxygen atoms in total. The first kappa shape index (κ1) is 22.0. The number of aryl methyl sites for hydroxylation is 2. The molecule has 1 aromatic heterocycles. The zero-order valence-electron chi connectivity index (χ0n) is 19.0. The number of amides is 2. The number of para-hydroxylation sites is 1. The van der Waals surface area contributed by atoms with Gasteiger partial charge in [-0.25, -0.2) is 0 Å². The van der Waals surface area contributed by atoms with E-state index in [2.05, 4.69) is 5.32 Å². The van der Waals surface area contributed by atoms with E-state index >= 15 is 0 Å². The van der Waals surface area contributed by atoms with E-state index in [4.69, 9.17) is 11.6 Å². The predicted octanol–water partition coefficient (Wildman–Crippen LogP) is 6.22. The minimum absolute atomic E-state index is 0.106. The van der Waals surface area contributed by atoms with Crippen LogP contribution in [0.2, 0.25) is 5.15 Å². The van der Waals surface area contributed by atoms with E-state index in [1.807, 2.05) is 73.0 Å². The number of halogens is 1. The number of carbonyl (C=O) groups is 2. The molecule has 3 aromatic carbocycles. The summed E-state index contributed by atoms with van der Waals surface area (Å²) in [4.78, 5) is 28.1. The van der Waals surface area contributed by atoms with Crippen LogP contribution in [0.5, 0.6) is 0 Å². The first-order valence-corrected chi connectivity index (χ1v) is 11.5. The van der Waals surface area contributed by atoms with Gasteiger partial charge in [-0.05, 0) is 73.5 Å². The van der Waals surface area contributed by atoms with Crippen LogP contribution in [0.25, 0.3) is 0 Å². The summed E-state index contributed by atoms with van der Waals surface area (Å²) in [6, 6.07) is 24.5. The third-order valence-electron chi connectivity index (χ3n) is 6.21. The number of rotatable bonds is 3. The molecule has 2 amide bonds. The number of anilines is 2. The minimum Gasteiger partial charge on any atom is -0.330 e. The van der Waals surface area contributed by atoms with Crippen LogP contribution in [0, 0.1) is 13.8 Å². The fourth-order valence-corrected chi connectivity index (χ4v) is 4.65. The number of carbonyl (C=O) groups excluding carboxylic acids is 2. The quantitative estimate of drug-likeness (QED) is 0.387. The van der Waals surface area contributed by atoms with Gasteiger partial charge in [0.2, 0.25) is 0 Å². The molecule has 0 spiro atoms. The van der Waals surface area contributed by atoms with Crippen LogP contribution >= 0.6 is 11.6 Å². The summed E-state index contributed by atoms with van der Waals surface area (Å²) >= 11 is 6.39. The Morgan fingerprint density at radius 1 is 0.882 bits per heavy atom. The van der Waals surface area contributed by atoms with E-state index in [1.165, 1.54) is 0 Å². The number of hydrogen-bond donors (Lipinski definition) is 1. The first-order valence-electron chi connectivity index (χ1n) is 11.1. The van der Waals surface area contributed by atoms with Crippen LogP contribution < -0.4 is 10.2 Å². The zero-order chi connectivity index (χ0) is 23.8. The molecule has 5 rings (SSSR count). The molecule has 0 bridgehead atoms. The van der Waals surface area contributed by atoms with E-state index in [9.17, 15) is 9.59 Å². The Kier molecular flexibility index (Phi) is 5.72. The molecule has 0 saturated carbocycles. The average Bonchev–Trinajstić information content (AvgIpc) is 3.07. The molecular formula is C28H24ClN3O2. The van der Waals surface area contributed by atoms with Gasteiger partial charge in [0.25, 0.3) is 11.8 Å². The van der Waals surface area contributed by atoms with Gasteiger partial charge in [0.1, 0.15) is 5.15 Å². The van der Waals surface area contributed by atoms with Crippen molar-refractivity contribution in [1.82, 2.24) is 4.57 Å². The highest BCUT2D eigenvalue weighted by Gasteiger charge is 2.25. The van der Waals surface area contributed by atoms with Gasteiger partial charge in [0.15, 0.2) is 0 Å². The maximum Gasteiger partial charge on any atom is 0.258 e. The smallest absolute Gasteiger partial charge is 0.258 e. The molecule has 0 radical (unpaired) electrons. The Labute approximate surface area is 203 Å². The van der Waals surface area contributed by atoms with Crippen LogP contribution in [0.3, 0.4) is 0 Å². The van der Waals surface area contributed by atoms with Crippen LogP contribution in [-0.4, -0.2) is 16.4 Å². The van der Waals surface area contributed by atoms with Crippen molar-refractivity contribution in [2.75, 3.05) is 10.2 Å². The van der Waals surface area contributed by atoms with Gasteiger partial charge in [0, 0.05) is 28.2 Å².